The topological polar surface area (TPSA) is 6.48 Å². The van der Waals surface area contributed by atoms with E-state index in [0.717, 1.165) is 28.4 Å². The molecule has 2 nitrogen and oxygen atoms in total. The van der Waals surface area contributed by atoms with Crippen LogP contribution in [0.4, 0.5) is 34.1 Å². The molecule has 0 unspecified atom stereocenters. The maximum Gasteiger partial charge on any atom is 0.0640 e. The van der Waals surface area contributed by atoms with E-state index in [2.05, 4.69) is 204 Å². The Balaban J connectivity index is 1.15. The minimum absolute atomic E-state index is 1.13. The van der Waals surface area contributed by atoms with Crippen LogP contribution >= 0.6 is 22.7 Å². The van der Waals surface area contributed by atoms with Gasteiger partial charge in [0.05, 0.1) is 10.4 Å². The molecule has 10 rings (SSSR count). The van der Waals surface area contributed by atoms with Gasteiger partial charge in [-0.1, -0.05) is 115 Å². The van der Waals surface area contributed by atoms with E-state index in [1.807, 2.05) is 22.7 Å². The van der Waals surface area contributed by atoms with Gasteiger partial charge in [0.15, 0.2) is 0 Å². The Labute approximate surface area is 310 Å². The van der Waals surface area contributed by atoms with Crippen molar-refractivity contribution in [3.8, 4) is 11.1 Å². The largest absolute Gasteiger partial charge is 0.310 e. The second-order valence-electron chi connectivity index (χ2n) is 13.0. The molecule has 0 saturated carbocycles. The third kappa shape index (κ3) is 5.32. The number of rotatable bonds is 7. The zero-order valence-electron chi connectivity index (χ0n) is 28.2. The standard InChI is InChI=1S/C48H32N2S2/c1-4-13-33(14-5-1)34-23-25-37(26-24-34)50(39-27-29-41-40-19-10-11-22-45(40)51-47(41)32-39)44-21-12-20-42-43-31-38(28-30-46(43)52-48(42)44)49(35-15-6-2-7-16-35)36-17-8-3-9-18-36/h1-32H. The van der Waals surface area contributed by atoms with Crippen LogP contribution in [0.3, 0.4) is 0 Å². The number of fused-ring (bicyclic) bond motifs is 6. The van der Waals surface area contributed by atoms with Crippen molar-refractivity contribution in [2.75, 3.05) is 9.80 Å². The third-order valence-electron chi connectivity index (χ3n) is 9.84. The van der Waals surface area contributed by atoms with Gasteiger partial charge in [-0.15, -0.1) is 22.7 Å². The van der Waals surface area contributed by atoms with Crippen LogP contribution in [0, 0.1) is 0 Å². The number of hydrogen-bond donors (Lipinski definition) is 0. The summed E-state index contributed by atoms with van der Waals surface area (Å²) in [6.45, 7) is 0. The molecule has 0 N–H and O–H groups in total. The van der Waals surface area contributed by atoms with Gasteiger partial charge in [0.1, 0.15) is 0 Å². The second kappa shape index (κ2) is 12.8. The quantitative estimate of drug-likeness (QED) is 0.163. The van der Waals surface area contributed by atoms with Gasteiger partial charge in [-0.05, 0) is 90.0 Å². The van der Waals surface area contributed by atoms with Crippen LogP contribution in [-0.4, -0.2) is 0 Å². The van der Waals surface area contributed by atoms with E-state index in [9.17, 15) is 0 Å². The fourth-order valence-corrected chi connectivity index (χ4v) is 9.73. The van der Waals surface area contributed by atoms with Crippen molar-refractivity contribution in [2.45, 2.75) is 0 Å². The van der Waals surface area contributed by atoms with Crippen molar-refractivity contribution in [2.24, 2.45) is 0 Å². The van der Waals surface area contributed by atoms with E-state index in [-0.39, 0.29) is 0 Å². The predicted molar refractivity (Wildman–Crippen MR) is 227 cm³/mol. The molecule has 0 bridgehead atoms. The number of thiophene rings is 2. The fraction of sp³-hybridized carbons (Fsp3) is 0. The maximum absolute atomic E-state index is 2.44. The normalized spacial score (nSPS) is 11.5. The number of para-hydroxylation sites is 2. The molecule has 0 saturated heterocycles. The summed E-state index contributed by atoms with van der Waals surface area (Å²) in [6, 6.07) is 70.3. The second-order valence-corrected chi connectivity index (χ2v) is 15.1. The molecule has 52 heavy (non-hydrogen) atoms. The van der Waals surface area contributed by atoms with Gasteiger partial charge in [0, 0.05) is 64.1 Å². The predicted octanol–water partition coefficient (Wildman–Crippen LogP) is 15.0. The number of nitrogens with zero attached hydrogens (tertiary/aromatic N) is 2. The Kier molecular flexibility index (Phi) is 7.56. The van der Waals surface area contributed by atoms with Gasteiger partial charge in [-0.2, -0.15) is 0 Å². The van der Waals surface area contributed by atoms with E-state index >= 15 is 0 Å². The van der Waals surface area contributed by atoms with Crippen LogP contribution in [-0.2, 0) is 0 Å². The van der Waals surface area contributed by atoms with Crippen LogP contribution in [0.2, 0.25) is 0 Å². The maximum atomic E-state index is 2.44. The Hall–Kier alpha value is -6.20. The molecular formula is C48H32N2S2. The van der Waals surface area contributed by atoms with Crippen molar-refractivity contribution in [3.05, 3.63) is 194 Å². The van der Waals surface area contributed by atoms with E-state index < -0.39 is 0 Å². The lowest BCUT2D eigenvalue weighted by Gasteiger charge is -2.26. The van der Waals surface area contributed by atoms with Crippen LogP contribution in [0.15, 0.2) is 194 Å². The van der Waals surface area contributed by atoms with Crippen molar-refractivity contribution < 1.29 is 0 Å². The zero-order valence-corrected chi connectivity index (χ0v) is 29.8. The molecule has 10 aromatic rings. The summed E-state index contributed by atoms with van der Waals surface area (Å²) in [4.78, 5) is 4.78. The lowest BCUT2D eigenvalue weighted by molar-refractivity contribution is 1.29. The van der Waals surface area contributed by atoms with Crippen molar-refractivity contribution in [1.82, 2.24) is 0 Å². The van der Waals surface area contributed by atoms with Crippen molar-refractivity contribution in [1.29, 1.82) is 0 Å². The molecule has 8 aromatic carbocycles. The lowest BCUT2D eigenvalue weighted by atomic mass is 10.0. The highest BCUT2D eigenvalue weighted by Gasteiger charge is 2.21. The summed E-state index contributed by atoms with van der Waals surface area (Å²) in [5, 5.41) is 5.14. The summed E-state index contributed by atoms with van der Waals surface area (Å²) < 4.78 is 5.14. The first-order chi connectivity index (χ1) is 25.8. The Morgan fingerprint density at radius 2 is 0.827 bits per heavy atom. The fourth-order valence-electron chi connectivity index (χ4n) is 7.40. The zero-order chi connectivity index (χ0) is 34.4. The Bertz CT molecular complexity index is 2800. The molecule has 4 heteroatoms. The van der Waals surface area contributed by atoms with E-state index in [1.165, 1.54) is 57.2 Å². The Morgan fingerprint density at radius 1 is 0.288 bits per heavy atom. The molecule has 0 aliphatic carbocycles. The average Bonchev–Trinajstić information content (AvgIpc) is 3.78. The molecule has 0 aliphatic rings. The Morgan fingerprint density at radius 3 is 1.58 bits per heavy atom. The van der Waals surface area contributed by atoms with Crippen LogP contribution in [0.1, 0.15) is 0 Å². The van der Waals surface area contributed by atoms with Gasteiger partial charge in [-0.3, -0.25) is 0 Å². The summed E-state index contributed by atoms with van der Waals surface area (Å²) in [5.41, 5.74) is 9.29. The first-order valence-electron chi connectivity index (χ1n) is 17.5. The molecule has 0 radical (unpaired) electrons. The lowest BCUT2D eigenvalue weighted by Crippen LogP contribution is -2.10. The molecule has 0 aliphatic heterocycles. The number of hydrogen-bond acceptors (Lipinski definition) is 4. The summed E-state index contributed by atoms with van der Waals surface area (Å²) >= 11 is 3.73. The molecule has 0 amide bonds. The van der Waals surface area contributed by atoms with Gasteiger partial charge in [0.25, 0.3) is 0 Å². The minimum atomic E-state index is 1.13. The molecule has 246 valence electrons. The van der Waals surface area contributed by atoms with Crippen molar-refractivity contribution in [3.63, 3.8) is 0 Å². The first-order valence-corrected chi connectivity index (χ1v) is 19.1. The highest BCUT2D eigenvalue weighted by Crippen LogP contribution is 2.48. The molecule has 0 spiro atoms. The molecular weight excluding hydrogens is 669 g/mol. The highest BCUT2D eigenvalue weighted by atomic mass is 32.1. The summed E-state index contributed by atoms with van der Waals surface area (Å²) in [6.07, 6.45) is 0. The molecule has 0 fully saturated rings. The number of benzene rings is 8. The molecule has 0 atom stereocenters. The van der Waals surface area contributed by atoms with Crippen LogP contribution in [0.5, 0.6) is 0 Å². The smallest absolute Gasteiger partial charge is 0.0640 e. The molecule has 2 heterocycles. The summed E-state index contributed by atoms with van der Waals surface area (Å²) in [7, 11) is 0. The van der Waals surface area contributed by atoms with Gasteiger partial charge in [0.2, 0.25) is 0 Å². The van der Waals surface area contributed by atoms with Crippen LogP contribution < -0.4 is 9.80 Å². The van der Waals surface area contributed by atoms with Gasteiger partial charge < -0.3 is 9.80 Å². The SMILES string of the molecule is c1ccc(-c2ccc(N(c3ccc4c(c3)sc3ccccc34)c3cccc4c3sc3ccc(N(c5ccccc5)c5ccccc5)cc34)cc2)cc1. The molecule has 2 aromatic heterocycles. The van der Waals surface area contributed by atoms with Crippen molar-refractivity contribution >= 4 is 97.1 Å². The summed E-state index contributed by atoms with van der Waals surface area (Å²) in [5.74, 6) is 0. The minimum Gasteiger partial charge on any atom is -0.310 e. The average molecular weight is 701 g/mol. The number of anilines is 6. The van der Waals surface area contributed by atoms with Crippen LogP contribution in [0.25, 0.3) is 51.5 Å². The van der Waals surface area contributed by atoms with E-state index in [0.29, 0.717) is 0 Å². The first kappa shape index (κ1) is 30.6. The van der Waals surface area contributed by atoms with Gasteiger partial charge in [-0.25, -0.2) is 0 Å². The van der Waals surface area contributed by atoms with E-state index in [1.54, 1.807) is 0 Å². The van der Waals surface area contributed by atoms with E-state index in [4.69, 9.17) is 0 Å². The van der Waals surface area contributed by atoms with Gasteiger partial charge >= 0.3 is 0 Å². The third-order valence-corrected chi connectivity index (χ3v) is 12.2. The highest BCUT2D eigenvalue weighted by molar-refractivity contribution is 7.26. The monoisotopic (exact) mass is 700 g/mol.